The minimum Gasteiger partial charge on any atom is -0.424 e. The third kappa shape index (κ3) is 2.93. The summed E-state index contributed by atoms with van der Waals surface area (Å²) in [6, 6.07) is 5.56. The predicted molar refractivity (Wildman–Crippen MR) is 64.2 cm³/mol. The zero-order chi connectivity index (χ0) is 12.3. The lowest BCUT2D eigenvalue weighted by molar-refractivity contribution is 0.280. The molecule has 0 fully saturated rings. The molecule has 0 radical (unpaired) electrons. The maximum absolute atomic E-state index is 8.85. The van der Waals surface area contributed by atoms with E-state index < -0.39 is 0 Å². The summed E-state index contributed by atoms with van der Waals surface area (Å²) >= 11 is 5.91. The molecular weight excluding hydrogens is 240 g/mol. The second kappa shape index (κ2) is 5.12. The fourth-order valence-electron chi connectivity index (χ4n) is 1.26. The third-order valence-electron chi connectivity index (χ3n) is 2.20. The van der Waals surface area contributed by atoms with Crippen molar-refractivity contribution in [3.63, 3.8) is 0 Å². The van der Waals surface area contributed by atoms with Crippen LogP contribution in [0.3, 0.4) is 0 Å². The van der Waals surface area contributed by atoms with Gasteiger partial charge in [0.05, 0.1) is 6.61 Å². The van der Waals surface area contributed by atoms with Gasteiger partial charge in [0, 0.05) is 23.0 Å². The highest BCUT2D eigenvalue weighted by atomic mass is 35.5. The van der Waals surface area contributed by atoms with Gasteiger partial charge >= 0.3 is 6.01 Å². The van der Waals surface area contributed by atoms with E-state index in [-0.39, 0.29) is 12.6 Å². The first-order valence-corrected chi connectivity index (χ1v) is 5.42. The summed E-state index contributed by atoms with van der Waals surface area (Å²) in [5, 5.41) is 9.54. The van der Waals surface area contributed by atoms with Crippen LogP contribution in [0.5, 0.6) is 11.8 Å². The van der Waals surface area contributed by atoms with Crippen molar-refractivity contribution in [2.24, 2.45) is 0 Å². The van der Waals surface area contributed by atoms with Gasteiger partial charge in [0.1, 0.15) is 5.75 Å². The Balaban J connectivity index is 2.16. The Hall–Kier alpha value is -1.65. The van der Waals surface area contributed by atoms with E-state index in [2.05, 4.69) is 9.97 Å². The molecule has 0 atom stereocenters. The highest BCUT2D eigenvalue weighted by molar-refractivity contribution is 6.31. The molecular formula is C12H11ClN2O2. The number of aryl methyl sites for hydroxylation is 1. The number of nitrogens with zero attached hydrogens (tertiary/aromatic N) is 2. The van der Waals surface area contributed by atoms with Crippen LogP contribution in [0.4, 0.5) is 0 Å². The minimum atomic E-state index is -0.0830. The van der Waals surface area contributed by atoms with Gasteiger partial charge in [0.15, 0.2) is 0 Å². The van der Waals surface area contributed by atoms with Crippen LogP contribution in [0.25, 0.3) is 0 Å². The second-order valence-electron chi connectivity index (χ2n) is 3.55. The van der Waals surface area contributed by atoms with Gasteiger partial charge in [0.25, 0.3) is 0 Å². The molecule has 17 heavy (non-hydrogen) atoms. The van der Waals surface area contributed by atoms with Gasteiger partial charge < -0.3 is 9.84 Å². The van der Waals surface area contributed by atoms with Gasteiger partial charge in [-0.1, -0.05) is 11.6 Å². The molecule has 2 aromatic rings. The molecule has 1 heterocycles. The average Bonchev–Trinajstić information content (AvgIpc) is 2.35. The van der Waals surface area contributed by atoms with Crippen LogP contribution in [0.1, 0.15) is 11.1 Å². The van der Waals surface area contributed by atoms with E-state index in [9.17, 15) is 0 Å². The monoisotopic (exact) mass is 250 g/mol. The van der Waals surface area contributed by atoms with E-state index >= 15 is 0 Å². The first-order chi connectivity index (χ1) is 8.19. The molecule has 88 valence electrons. The number of aliphatic hydroxyl groups excluding tert-OH is 1. The Morgan fingerprint density at radius 2 is 2.00 bits per heavy atom. The van der Waals surface area contributed by atoms with Gasteiger partial charge in [-0.3, -0.25) is 0 Å². The third-order valence-corrected chi connectivity index (χ3v) is 2.63. The number of halogens is 1. The molecule has 0 aliphatic heterocycles. The molecule has 1 N–H and O–H groups in total. The number of aliphatic hydroxyl groups is 1. The van der Waals surface area contributed by atoms with Crippen molar-refractivity contribution in [3.8, 4) is 11.8 Å². The average molecular weight is 251 g/mol. The lowest BCUT2D eigenvalue weighted by Gasteiger charge is -2.05. The van der Waals surface area contributed by atoms with Gasteiger partial charge in [0.2, 0.25) is 0 Å². The van der Waals surface area contributed by atoms with Gasteiger partial charge in [-0.25, -0.2) is 9.97 Å². The Morgan fingerprint density at radius 3 is 2.59 bits per heavy atom. The SMILES string of the molecule is Cc1cc(Oc2ncc(CO)cn2)ccc1Cl. The zero-order valence-corrected chi connectivity index (χ0v) is 9.98. The second-order valence-corrected chi connectivity index (χ2v) is 3.95. The summed E-state index contributed by atoms with van der Waals surface area (Å²) < 4.78 is 5.45. The summed E-state index contributed by atoms with van der Waals surface area (Å²) in [6.45, 7) is 1.81. The Bertz CT molecular complexity index is 514. The van der Waals surface area contributed by atoms with Crippen LogP contribution in [0, 0.1) is 6.92 Å². The Morgan fingerprint density at radius 1 is 1.29 bits per heavy atom. The van der Waals surface area contributed by atoms with Crippen molar-refractivity contribution in [2.45, 2.75) is 13.5 Å². The summed E-state index contributed by atoms with van der Waals surface area (Å²) in [4.78, 5) is 7.94. The fraction of sp³-hybridized carbons (Fsp3) is 0.167. The molecule has 0 unspecified atom stereocenters. The van der Waals surface area contributed by atoms with E-state index in [1.54, 1.807) is 12.1 Å². The van der Waals surface area contributed by atoms with Crippen molar-refractivity contribution in [1.29, 1.82) is 0 Å². The first kappa shape index (κ1) is 11.8. The van der Waals surface area contributed by atoms with Crippen LogP contribution in [0.2, 0.25) is 5.02 Å². The lowest BCUT2D eigenvalue weighted by atomic mass is 10.2. The molecule has 1 aromatic heterocycles. The van der Waals surface area contributed by atoms with Crippen LogP contribution < -0.4 is 4.74 Å². The van der Waals surface area contributed by atoms with E-state index in [4.69, 9.17) is 21.4 Å². The molecule has 0 amide bonds. The number of benzene rings is 1. The van der Waals surface area contributed by atoms with Crippen molar-refractivity contribution in [1.82, 2.24) is 9.97 Å². The number of ether oxygens (including phenoxy) is 1. The quantitative estimate of drug-likeness (QED) is 0.910. The highest BCUT2D eigenvalue weighted by Crippen LogP contribution is 2.23. The van der Waals surface area contributed by atoms with Crippen LogP contribution in [-0.4, -0.2) is 15.1 Å². The Kier molecular flexibility index (Phi) is 3.56. The molecule has 0 aliphatic rings. The van der Waals surface area contributed by atoms with Crippen LogP contribution in [0.15, 0.2) is 30.6 Å². The van der Waals surface area contributed by atoms with E-state index in [0.29, 0.717) is 16.3 Å². The molecule has 1 aromatic carbocycles. The summed E-state index contributed by atoms with van der Waals surface area (Å²) in [7, 11) is 0. The topological polar surface area (TPSA) is 55.2 Å². The van der Waals surface area contributed by atoms with Crippen molar-refractivity contribution in [2.75, 3.05) is 0 Å². The molecule has 0 bridgehead atoms. The molecule has 0 aliphatic carbocycles. The molecule has 0 saturated carbocycles. The number of rotatable bonds is 3. The van der Waals surface area contributed by atoms with Crippen LogP contribution >= 0.6 is 11.6 Å². The first-order valence-electron chi connectivity index (χ1n) is 5.05. The van der Waals surface area contributed by atoms with Crippen molar-refractivity contribution < 1.29 is 9.84 Å². The normalized spacial score (nSPS) is 10.3. The largest absolute Gasteiger partial charge is 0.424 e. The molecule has 2 rings (SSSR count). The van der Waals surface area contributed by atoms with Crippen molar-refractivity contribution >= 4 is 11.6 Å². The molecule has 0 spiro atoms. The highest BCUT2D eigenvalue weighted by Gasteiger charge is 2.02. The number of aromatic nitrogens is 2. The molecule has 5 heteroatoms. The Labute approximate surface area is 104 Å². The van der Waals surface area contributed by atoms with E-state index in [1.165, 1.54) is 12.4 Å². The number of hydrogen-bond donors (Lipinski definition) is 1. The maximum atomic E-state index is 8.85. The molecule has 4 nitrogen and oxygen atoms in total. The smallest absolute Gasteiger partial charge is 0.321 e. The lowest BCUT2D eigenvalue weighted by Crippen LogP contribution is -1.94. The van der Waals surface area contributed by atoms with E-state index in [0.717, 1.165) is 5.56 Å². The zero-order valence-electron chi connectivity index (χ0n) is 9.22. The van der Waals surface area contributed by atoms with Gasteiger partial charge in [-0.15, -0.1) is 0 Å². The number of hydrogen-bond acceptors (Lipinski definition) is 4. The summed E-state index contributed by atoms with van der Waals surface area (Å²) in [5.41, 5.74) is 1.57. The van der Waals surface area contributed by atoms with Crippen molar-refractivity contribution in [3.05, 3.63) is 46.7 Å². The maximum Gasteiger partial charge on any atom is 0.321 e. The predicted octanol–water partition coefficient (Wildman–Crippen LogP) is 2.72. The summed E-state index contributed by atoms with van der Waals surface area (Å²) in [6.07, 6.45) is 3.04. The van der Waals surface area contributed by atoms with Gasteiger partial charge in [-0.05, 0) is 30.7 Å². The standard InChI is InChI=1S/C12H11ClN2O2/c1-8-4-10(2-3-11(8)13)17-12-14-5-9(7-16)6-15-12/h2-6,16H,7H2,1H3. The van der Waals surface area contributed by atoms with Crippen LogP contribution in [-0.2, 0) is 6.61 Å². The fourth-order valence-corrected chi connectivity index (χ4v) is 1.38. The van der Waals surface area contributed by atoms with Gasteiger partial charge in [-0.2, -0.15) is 0 Å². The minimum absolute atomic E-state index is 0.0830. The van der Waals surface area contributed by atoms with E-state index in [1.807, 2.05) is 13.0 Å². The summed E-state index contributed by atoms with van der Waals surface area (Å²) in [5.74, 6) is 0.628. The molecule has 0 saturated heterocycles.